The molecule has 0 unspecified atom stereocenters. The van der Waals surface area contributed by atoms with Crippen molar-refractivity contribution in [3.05, 3.63) is 30.0 Å². The molecule has 1 aromatic carbocycles. The molecule has 4 heteroatoms. The standard InChI is InChI=1S/C14H16N4/c1-3-9-8-11-10(6-5-7-16-11)12-13(9)18(4-2)14(15)17-12/h5-8H,3-4H2,1-2H3,(H2,15,17). The van der Waals surface area contributed by atoms with Gasteiger partial charge in [-0.2, -0.15) is 0 Å². The Morgan fingerprint density at radius 2 is 2.17 bits per heavy atom. The maximum atomic E-state index is 6.01. The van der Waals surface area contributed by atoms with Crippen molar-refractivity contribution < 1.29 is 0 Å². The molecule has 0 amide bonds. The van der Waals surface area contributed by atoms with Gasteiger partial charge in [0.15, 0.2) is 0 Å². The van der Waals surface area contributed by atoms with E-state index < -0.39 is 0 Å². The second-order valence-corrected chi connectivity index (χ2v) is 4.37. The van der Waals surface area contributed by atoms with Crippen molar-refractivity contribution in [1.29, 1.82) is 0 Å². The maximum Gasteiger partial charge on any atom is 0.201 e. The highest BCUT2D eigenvalue weighted by atomic mass is 15.1. The molecule has 0 radical (unpaired) electrons. The van der Waals surface area contributed by atoms with Gasteiger partial charge in [0, 0.05) is 18.1 Å². The van der Waals surface area contributed by atoms with Gasteiger partial charge in [0.05, 0.1) is 11.0 Å². The number of nitrogen functional groups attached to an aromatic ring is 1. The Bertz CT molecular complexity index is 727. The fraction of sp³-hybridized carbons (Fsp3) is 0.286. The zero-order valence-electron chi connectivity index (χ0n) is 10.6. The summed E-state index contributed by atoms with van der Waals surface area (Å²) in [6, 6.07) is 6.13. The summed E-state index contributed by atoms with van der Waals surface area (Å²) in [7, 11) is 0. The molecule has 4 nitrogen and oxygen atoms in total. The van der Waals surface area contributed by atoms with Gasteiger partial charge in [-0.1, -0.05) is 6.92 Å². The number of benzene rings is 1. The summed E-state index contributed by atoms with van der Waals surface area (Å²) in [5.74, 6) is 0.582. The van der Waals surface area contributed by atoms with Crippen molar-refractivity contribution >= 4 is 27.9 Å². The normalized spacial score (nSPS) is 11.4. The first-order chi connectivity index (χ1) is 8.76. The minimum absolute atomic E-state index is 0.582. The molecule has 3 rings (SSSR count). The number of nitrogens with zero attached hydrogens (tertiary/aromatic N) is 3. The fourth-order valence-corrected chi connectivity index (χ4v) is 2.54. The highest BCUT2D eigenvalue weighted by Gasteiger charge is 2.14. The third-order valence-corrected chi connectivity index (χ3v) is 3.40. The molecule has 2 heterocycles. The summed E-state index contributed by atoms with van der Waals surface area (Å²) < 4.78 is 2.07. The fourth-order valence-electron chi connectivity index (χ4n) is 2.54. The van der Waals surface area contributed by atoms with Gasteiger partial charge in [-0.15, -0.1) is 0 Å². The molecule has 3 aromatic rings. The van der Waals surface area contributed by atoms with Crippen LogP contribution in [0.3, 0.4) is 0 Å². The van der Waals surface area contributed by atoms with Crippen molar-refractivity contribution in [3.8, 4) is 0 Å². The number of nitrogens with two attached hydrogens (primary N) is 1. The first-order valence-electron chi connectivity index (χ1n) is 6.28. The van der Waals surface area contributed by atoms with Crippen molar-refractivity contribution in [2.45, 2.75) is 26.8 Å². The van der Waals surface area contributed by atoms with Crippen LogP contribution in [0.2, 0.25) is 0 Å². The lowest BCUT2D eigenvalue weighted by atomic mass is 10.1. The molecule has 2 aromatic heterocycles. The van der Waals surface area contributed by atoms with E-state index in [1.807, 2.05) is 12.3 Å². The second kappa shape index (κ2) is 3.98. The molecule has 0 aliphatic rings. The predicted molar refractivity (Wildman–Crippen MR) is 74.5 cm³/mol. The second-order valence-electron chi connectivity index (χ2n) is 4.37. The number of aromatic nitrogens is 3. The molecule has 0 aliphatic carbocycles. The summed E-state index contributed by atoms with van der Waals surface area (Å²) in [6.45, 7) is 5.07. The molecule has 0 saturated carbocycles. The minimum atomic E-state index is 0.582. The Morgan fingerprint density at radius 3 is 2.89 bits per heavy atom. The quantitative estimate of drug-likeness (QED) is 0.749. The number of fused-ring (bicyclic) bond motifs is 3. The van der Waals surface area contributed by atoms with E-state index in [0.717, 1.165) is 34.9 Å². The van der Waals surface area contributed by atoms with E-state index >= 15 is 0 Å². The van der Waals surface area contributed by atoms with Crippen molar-refractivity contribution in [2.24, 2.45) is 0 Å². The van der Waals surface area contributed by atoms with E-state index in [2.05, 4.69) is 40.5 Å². The van der Waals surface area contributed by atoms with E-state index in [0.29, 0.717) is 5.95 Å². The number of anilines is 1. The lowest BCUT2D eigenvalue weighted by Crippen LogP contribution is -2.02. The first kappa shape index (κ1) is 11.0. The van der Waals surface area contributed by atoms with E-state index in [4.69, 9.17) is 5.73 Å². The molecule has 0 bridgehead atoms. The van der Waals surface area contributed by atoms with Crippen LogP contribution in [0.25, 0.3) is 21.9 Å². The van der Waals surface area contributed by atoms with Gasteiger partial charge >= 0.3 is 0 Å². The van der Waals surface area contributed by atoms with Crippen molar-refractivity contribution in [3.63, 3.8) is 0 Å². The lowest BCUT2D eigenvalue weighted by Gasteiger charge is -2.07. The molecule has 0 fully saturated rings. The average molecular weight is 240 g/mol. The number of pyridine rings is 1. The number of rotatable bonds is 2. The van der Waals surface area contributed by atoms with Crippen LogP contribution in [0.5, 0.6) is 0 Å². The lowest BCUT2D eigenvalue weighted by molar-refractivity contribution is 0.796. The predicted octanol–water partition coefficient (Wildman–Crippen LogP) is 2.75. The number of imidazole rings is 1. The highest BCUT2D eigenvalue weighted by Crippen LogP contribution is 2.29. The van der Waals surface area contributed by atoms with E-state index in [-0.39, 0.29) is 0 Å². The molecule has 0 saturated heterocycles. The average Bonchev–Trinajstić information content (AvgIpc) is 2.74. The summed E-state index contributed by atoms with van der Waals surface area (Å²) >= 11 is 0. The molecule has 92 valence electrons. The van der Waals surface area contributed by atoms with Crippen LogP contribution in [0.15, 0.2) is 24.4 Å². The van der Waals surface area contributed by atoms with Gasteiger partial charge in [0.1, 0.15) is 5.52 Å². The van der Waals surface area contributed by atoms with Gasteiger partial charge in [0.25, 0.3) is 0 Å². The number of hydrogen-bond acceptors (Lipinski definition) is 3. The third kappa shape index (κ3) is 1.38. The van der Waals surface area contributed by atoms with Gasteiger partial charge in [-0.25, -0.2) is 4.98 Å². The van der Waals surface area contributed by atoms with E-state index in [1.54, 1.807) is 0 Å². The Morgan fingerprint density at radius 1 is 1.33 bits per heavy atom. The van der Waals surface area contributed by atoms with E-state index in [9.17, 15) is 0 Å². The first-order valence-corrected chi connectivity index (χ1v) is 6.28. The Hall–Kier alpha value is -2.10. The number of hydrogen-bond donors (Lipinski definition) is 1. The zero-order chi connectivity index (χ0) is 12.7. The topological polar surface area (TPSA) is 56.7 Å². The minimum Gasteiger partial charge on any atom is -0.369 e. The molecule has 18 heavy (non-hydrogen) atoms. The van der Waals surface area contributed by atoms with Gasteiger partial charge in [-0.3, -0.25) is 4.98 Å². The van der Waals surface area contributed by atoms with E-state index in [1.165, 1.54) is 5.56 Å². The van der Waals surface area contributed by atoms with Crippen molar-refractivity contribution in [1.82, 2.24) is 14.5 Å². The van der Waals surface area contributed by atoms with Crippen LogP contribution < -0.4 is 5.73 Å². The van der Waals surface area contributed by atoms with Gasteiger partial charge < -0.3 is 10.3 Å². The number of aryl methyl sites for hydroxylation is 2. The smallest absolute Gasteiger partial charge is 0.201 e. The SMILES string of the molecule is CCc1cc2ncccc2c2nc(N)n(CC)c12. The van der Waals surface area contributed by atoms with Crippen LogP contribution in [0.4, 0.5) is 5.95 Å². The van der Waals surface area contributed by atoms with Gasteiger partial charge in [0.2, 0.25) is 5.95 Å². The Kier molecular flexibility index (Phi) is 2.44. The van der Waals surface area contributed by atoms with Crippen LogP contribution in [0, 0.1) is 0 Å². The molecular formula is C14H16N4. The Balaban J connectivity index is 2.56. The molecule has 2 N–H and O–H groups in total. The third-order valence-electron chi connectivity index (χ3n) is 3.40. The van der Waals surface area contributed by atoms with Crippen LogP contribution in [-0.4, -0.2) is 14.5 Å². The summed E-state index contributed by atoms with van der Waals surface area (Å²) in [6.07, 6.45) is 2.77. The van der Waals surface area contributed by atoms with Gasteiger partial charge in [-0.05, 0) is 37.1 Å². The summed E-state index contributed by atoms with van der Waals surface area (Å²) in [4.78, 5) is 8.94. The molecule has 0 aliphatic heterocycles. The largest absolute Gasteiger partial charge is 0.369 e. The van der Waals surface area contributed by atoms with Crippen LogP contribution >= 0.6 is 0 Å². The Labute approximate surface area is 105 Å². The highest BCUT2D eigenvalue weighted by molar-refractivity contribution is 6.05. The zero-order valence-corrected chi connectivity index (χ0v) is 10.6. The molecule has 0 atom stereocenters. The maximum absolute atomic E-state index is 6.01. The summed E-state index contributed by atoms with van der Waals surface area (Å²) in [5, 5.41) is 1.07. The molecular weight excluding hydrogens is 224 g/mol. The summed E-state index contributed by atoms with van der Waals surface area (Å²) in [5.41, 5.74) is 10.4. The van der Waals surface area contributed by atoms with Crippen LogP contribution in [-0.2, 0) is 13.0 Å². The molecule has 0 spiro atoms. The monoisotopic (exact) mass is 240 g/mol. The van der Waals surface area contributed by atoms with Crippen LogP contribution in [0.1, 0.15) is 19.4 Å². The van der Waals surface area contributed by atoms with Crippen molar-refractivity contribution in [2.75, 3.05) is 5.73 Å².